The molecule has 3 atom stereocenters. The van der Waals surface area contributed by atoms with Crippen LogP contribution in [0.15, 0.2) is 18.2 Å². The summed E-state index contributed by atoms with van der Waals surface area (Å²) >= 11 is 0. The number of nitrogens with zero attached hydrogens (tertiary/aromatic N) is 2. The monoisotopic (exact) mass is 341 g/mol. The van der Waals surface area contributed by atoms with Crippen LogP contribution in [-0.2, 0) is 4.79 Å². The lowest BCUT2D eigenvalue weighted by molar-refractivity contribution is -0.129. The standard InChI is InChI=1S/C19H27N5O/c1-5-6-7-15-13(4)21-19(23-17(15)25)24-18-20-12(3)14-9-8-11(2)10-16(14)22-18/h8-10,13,15,19,21H,5-7H2,1-4H3,(H,23,25)(H,20,22,24). The fourth-order valence-corrected chi connectivity index (χ4v) is 3.37. The Morgan fingerprint density at radius 2 is 2.04 bits per heavy atom. The van der Waals surface area contributed by atoms with Gasteiger partial charge < -0.3 is 10.6 Å². The van der Waals surface area contributed by atoms with E-state index in [-0.39, 0.29) is 24.2 Å². The zero-order valence-corrected chi connectivity index (χ0v) is 15.4. The molecule has 2 aromatic rings. The maximum atomic E-state index is 12.4. The molecule has 1 aliphatic rings. The molecule has 134 valence electrons. The van der Waals surface area contributed by atoms with Crippen LogP contribution in [-0.4, -0.2) is 28.2 Å². The van der Waals surface area contributed by atoms with E-state index in [0.717, 1.165) is 41.4 Å². The molecular weight excluding hydrogens is 314 g/mol. The van der Waals surface area contributed by atoms with Gasteiger partial charge in [0.25, 0.3) is 0 Å². The van der Waals surface area contributed by atoms with Gasteiger partial charge in [0.2, 0.25) is 11.9 Å². The lowest BCUT2D eigenvalue weighted by Crippen LogP contribution is -2.63. The highest BCUT2D eigenvalue weighted by Gasteiger charge is 2.33. The number of carbonyl (C=O) groups excluding carboxylic acids is 1. The smallest absolute Gasteiger partial charge is 0.227 e. The van der Waals surface area contributed by atoms with Crippen LogP contribution in [0, 0.1) is 19.8 Å². The first-order chi connectivity index (χ1) is 12.0. The molecular formula is C19H27N5O. The van der Waals surface area contributed by atoms with Gasteiger partial charge in [0, 0.05) is 11.4 Å². The summed E-state index contributed by atoms with van der Waals surface area (Å²) in [5.74, 6) is 0.623. The Hall–Kier alpha value is -2.21. The quantitative estimate of drug-likeness (QED) is 0.779. The number of hydrogen-bond acceptors (Lipinski definition) is 5. The highest BCUT2D eigenvalue weighted by Crippen LogP contribution is 2.20. The van der Waals surface area contributed by atoms with Gasteiger partial charge in [0.1, 0.15) is 0 Å². The van der Waals surface area contributed by atoms with Gasteiger partial charge in [0.05, 0.1) is 17.1 Å². The second kappa shape index (κ2) is 7.35. The van der Waals surface area contributed by atoms with Gasteiger partial charge in [-0.25, -0.2) is 9.97 Å². The van der Waals surface area contributed by atoms with Gasteiger partial charge in [0.15, 0.2) is 6.29 Å². The average molecular weight is 341 g/mol. The molecule has 1 aromatic heterocycles. The van der Waals surface area contributed by atoms with Crippen LogP contribution in [0.1, 0.15) is 44.4 Å². The van der Waals surface area contributed by atoms with E-state index in [1.807, 2.05) is 26.0 Å². The molecule has 3 N–H and O–H groups in total. The number of aromatic nitrogens is 2. The third-order valence-corrected chi connectivity index (χ3v) is 4.84. The third kappa shape index (κ3) is 3.90. The van der Waals surface area contributed by atoms with E-state index >= 15 is 0 Å². The summed E-state index contributed by atoms with van der Waals surface area (Å²) < 4.78 is 0. The van der Waals surface area contributed by atoms with Crippen LogP contribution in [0.2, 0.25) is 0 Å². The van der Waals surface area contributed by atoms with E-state index < -0.39 is 0 Å². The van der Waals surface area contributed by atoms with Crippen LogP contribution >= 0.6 is 0 Å². The Morgan fingerprint density at radius 1 is 1.24 bits per heavy atom. The molecule has 0 saturated carbocycles. The first-order valence-electron chi connectivity index (χ1n) is 9.06. The molecule has 0 spiro atoms. The summed E-state index contributed by atoms with van der Waals surface area (Å²) in [5, 5.41) is 10.7. The summed E-state index contributed by atoms with van der Waals surface area (Å²) in [5.41, 5.74) is 2.99. The van der Waals surface area contributed by atoms with Gasteiger partial charge in [-0.2, -0.15) is 0 Å². The third-order valence-electron chi connectivity index (χ3n) is 4.84. The van der Waals surface area contributed by atoms with Gasteiger partial charge in [-0.1, -0.05) is 31.9 Å². The molecule has 6 nitrogen and oxygen atoms in total. The molecule has 25 heavy (non-hydrogen) atoms. The Bertz CT molecular complexity index is 776. The number of unbranched alkanes of at least 4 members (excludes halogenated alkanes) is 1. The number of hydrogen-bond donors (Lipinski definition) is 3. The van der Waals surface area contributed by atoms with Crippen molar-refractivity contribution in [1.82, 2.24) is 20.6 Å². The number of benzene rings is 1. The number of anilines is 1. The number of fused-ring (bicyclic) bond motifs is 1. The molecule has 6 heteroatoms. The van der Waals surface area contributed by atoms with Crippen molar-refractivity contribution in [2.45, 2.75) is 59.3 Å². The second-order valence-electron chi connectivity index (χ2n) is 6.94. The van der Waals surface area contributed by atoms with Gasteiger partial charge in [-0.3, -0.25) is 10.1 Å². The number of carbonyl (C=O) groups is 1. The maximum absolute atomic E-state index is 12.4. The molecule has 2 heterocycles. The zero-order chi connectivity index (χ0) is 18.0. The summed E-state index contributed by atoms with van der Waals surface area (Å²) in [6.07, 6.45) is 2.71. The van der Waals surface area contributed by atoms with E-state index in [0.29, 0.717) is 5.95 Å². The van der Waals surface area contributed by atoms with E-state index in [1.165, 1.54) is 0 Å². The number of amides is 1. The first kappa shape index (κ1) is 17.6. The second-order valence-corrected chi connectivity index (χ2v) is 6.94. The molecule has 3 unspecified atom stereocenters. The minimum atomic E-state index is -0.359. The van der Waals surface area contributed by atoms with Crippen molar-refractivity contribution < 1.29 is 4.79 Å². The predicted molar refractivity (Wildman–Crippen MR) is 100 cm³/mol. The lowest BCUT2D eigenvalue weighted by Gasteiger charge is -2.36. The van der Waals surface area contributed by atoms with Crippen LogP contribution < -0.4 is 16.0 Å². The Labute approximate surface area is 148 Å². The lowest BCUT2D eigenvalue weighted by atomic mass is 9.92. The molecule has 1 fully saturated rings. The summed E-state index contributed by atoms with van der Waals surface area (Å²) in [6, 6.07) is 6.27. The summed E-state index contributed by atoms with van der Waals surface area (Å²) in [6.45, 7) is 8.22. The van der Waals surface area contributed by atoms with Crippen LogP contribution in [0.25, 0.3) is 10.9 Å². The molecule has 1 aliphatic heterocycles. The van der Waals surface area contributed by atoms with E-state index in [4.69, 9.17) is 0 Å². The first-order valence-corrected chi connectivity index (χ1v) is 9.06. The van der Waals surface area contributed by atoms with Crippen LogP contribution in [0.5, 0.6) is 0 Å². The highest BCUT2D eigenvalue weighted by molar-refractivity contribution is 5.83. The molecule has 0 aliphatic carbocycles. The highest BCUT2D eigenvalue weighted by atomic mass is 16.2. The van der Waals surface area contributed by atoms with E-state index in [1.54, 1.807) is 0 Å². The predicted octanol–water partition coefficient (Wildman–Crippen LogP) is 2.86. The van der Waals surface area contributed by atoms with Crippen LogP contribution in [0.3, 0.4) is 0 Å². The fourth-order valence-electron chi connectivity index (χ4n) is 3.37. The van der Waals surface area contributed by atoms with Gasteiger partial charge in [-0.15, -0.1) is 0 Å². The van der Waals surface area contributed by atoms with Crippen molar-refractivity contribution in [3.05, 3.63) is 29.5 Å². The number of nitrogens with one attached hydrogen (secondary N) is 3. The molecule has 0 bridgehead atoms. The maximum Gasteiger partial charge on any atom is 0.227 e. The molecule has 3 rings (SSSR count). The molecule has 1 aromatic carbocycles. The van der Waals surface area contributed by atoms with Crippen molar-refractivity contribution in [2.24, 2.45) is 5.92 Å². The fraction of sp³-hybridized carbons (Fsp3) is 0.526. The Morgan fingerprint density at radius 3 is 2.76 bits per heavy atom. The molecule has 1 saturated heterocycles. The van der Waals surface area contributed by atoms with E-state index in [9.17, 15) is 4.79 Å². The van der Waals surface area contributed by atoms with Crippen molar-refractivity contribution in [3.63, 3.8) is 0 Å². The SMILES string of the molecule is CCCCC1C(=O)NC(Nc2nc(C)c3ccc(C)cc3n2)NC1C. The number of aryl methyl sites for hydroxylation is 2. The van der Waals surface area contributed by atoms with Crippen molar-refractivity contribution >= 4 is 22.8 Å². The average Bonchev–Trinajstić information content (AvgIpc) is 2.53. The van der Waals surface area contributed by atoms with Gasteiger partial charge in [-0.05, 0) is 38.8 Å². The minimum absolute atomic E-state index is 0.0138. The number of rotatable bonds is 5. The van der Waals surface area contributed by atoms with Gasteiger partial charge >= 0.3 is 0 Å². The van der Waals surface area contributed by atoms with Crippen molar-refractivity contribution in [1.29, 1.82) is 0 Å². The minimum Gasteiger partial charge on any atom is -0.323 e. The largest absolute Gasteiger partial charge is 0.323 e. The summed E-state index contributed by atoms with van der Waals surface area (Å²) in [4.78, 5) is 21.5. The van der Waals surface area contributed by atoms with E-state index in [2.05, 4.69) is 45.8 Å². The Balaban J connectivity index is 1.75. The Kier molecular flexibility index (Phi) is 5.18. The molecule has 1 amide bonds. The van der Waals surface area contributed by atoms with Crippen LogP contribution in [0.4, 0.5) is 5.95 Å². The zero-order valence-electron chi connectivity index (χ0n) is 15.4. The summed E-state index contributed by atoms with van der Waals surface area (Å²) in [7, 11) is 0. The van der Waals surface area contributed by atoms with Crippen molar-refractivity contribution in [3.8, 4) is 0 Å². The van der Waals surface area contributed by atoms with Crippen molar-refractivity contribution in [2.75, 3.05) is 5.32 Å². The normalized spacial score (nSPS) is 23.5. The topological polar surface area (TPSA) is 78.9 Å². The molecule has 0 radical (unpaired) electrons.